The third-order valence-electron chi connectivity index (χ3n) is 6.25. The van der Waals surface area contributed by atoms with Crippen LogP contribution < -0.4 is 0 Å². The van der Waals surface area contributed by atoms with E-state index in [9.17, 15) is 9.59 Å². The van der Waals surface area contributed by atoms with Crippen molar-refractivity contribution in [2.24, 2.45) is 11.8 Å². The van der Waals surface area contributed by atoms with Crippen LogP contribution in [-0.2, 0) is 16.1 Å². The van der Waals surface area contributed by atoms with Crippen molar-refractivity contribution in [3.8, 4) is 0 Å². The first-order chi connectivity index (χ1) is 12.6. The number of piperidine rings is 1. The Labute approximate surface area is 156 Å². The summed E-state index contributed by atoms with van der Waals surface area (Å²) in [5.41, 5.74) is 1.00. The van der Waals surface area contributed by atoms with Crippen molar-refractivity contribution < 1.29 is 14.3 Å². The Kier molecular flexibility index (Phi) is 6.33. The zero-order chi connectivity index (χ0) is 18.5. The maximum absolute atomic E-state index is 12.7. The Balaban J connectivity index is 1.55. The predicted octanol–water partition coefficient (Wildman–Crippen LogP) is 4.96. The van der Waals surface area contributed by atoms with Gasteiger partial charge in [-0.15, -0.1) is 0 Å². The van der Waals surface area contributed by atoms with E-state index in [4.69, 9.17) is 4.74 Å². The van der Waals surface area contributed by atoms with Crippen molar-refractivity contribution in [1.29, 1.82) is 0 Å². The highest BCUT2D eigenvalue weighted by atomic mass is 16.6. The van der Waals surface area contributed by atoms with E-state index in [1.165, 1.54) is 0 Å². The summed E-state index contributed by atoms with van der Waals surface area (Å²) in [5, 5.41) is 0. The number of hydrogen-bond donors (Lipinski definition) is 0. The average molecular weight is 357 g/mol. The fourth-order valence-electron chi connectivity index (χ4n) is 4.56. The molecule has 2 bridgehead atoms. The molecule has 142 valence electrons. The molecule has 1 amide bonds. The first-order valence-electron chi connectivity index (χ1n) is 10.1. The zero-order valence-corrected chi connectivity index (χ0v) is 16.0. The number of rotatable bonds is 7. The van der Waals surface area contributed by atoms with E-state index >= 15 is 0 Å². The van der Waals surface area contributed by atoms with Gasteiger partial charge in [-0.2, -0.15) is 0 Å². The second kappa shape index (κ2) is 8.70. The molecule has 1 aromatic carbocycles. The van der Waals surface area contributed by atoms with Crippen LogP contribution in [0, 0.1) is 11.8 Å². The Morgan fingerprint density at radius 3 is 2.27 bits per heavy atom. The molecule has 2 saturated heterocycles. The minimum atomic E-state index is -0.216. The summed E-state index contributed by atoms with van der Waals surface area (Å²) < 4.78 is 5.55. The second-order valence-electron chi connectivity index (χ2n) is 7.85. The molecule has 26 heavy (non-hydrogen) atoms. The molecule has 2 fully saturated rings. The molecule has 0 spiro atoms. The summed E-state index contributed by atoms with van der Waals surface area (Å²) in [6, 6.07) is 10.1. The van der Waals surface area contributed by atoms with Gasteiger partial charge in [0.05, 0.1) is 0 Å². The largest absolute Gasteiger partial charge is 0.445 e. The van der Waals surface area contributed by atoms with Gasteiger partial charge in [0.2, 0.25) is 0 Å². The van der Waals surface area contributed by atoms with Crippen molar-refractivity contribution in [2.45, 2.75) is 77.5 Å². The first kappa shape index (κ1) is 18.9. The second-order valence-corrected chi connectivity index (χ2v) is 7.85. The molecule has 2 atom stereocenters. The molecule has 4 heteroatoms. The number of nitrogens with zero attached hydrogens (tertiary/aromatic N) is 1. The summed E-state index contributed by atoms with van der Waals surface area (Å²) in [4.78, 5) is 27.2. The molecule has 0 aliphatic carbocycles. The number of carbonyl (C=O) groups excluding carboxylic acids is 2. The lowest BCUT2D eigenvalue weighted by atomic mass is 9.83. The average Bonchev–Trinajstić information content (AvgIpc) is 2.94. The van der Waals surface area contributed by atoms with Crippen LogP contribution in [0.4, 0.5) is 4.79 Å². The standard InChI is InChI=1S/C22H31NO3/c1-3-16(4-2)12-21(24)18-13-19-10-11-20(14-18)23(19)22(25)26-15-17-8-6-5-7-9-17/h5-9,16,18-20H,3-4,10-15H2,1-2H3. The van der Waals surface area contributed by atoms with Gasteiger partial charge >= 0.3 is 6.09 Å². The lowest BCUT2D eigenvalue weighted by molar-refractivity contribution is -0.126. The maximum Gasteiger partial charge on any atom is 0.410 e. The third-order valence-corrected chi connectivity index (χ3v) is 6.25. The molecule has 1 aromatic rings. The van der Waals surface area contributed by atoms with Crippen molar-refractivity contribution in [3.05, 3.63) is 35.9 Å². The fraction of sp³-hybridized carbons (Fsp3) is 0.636. The van der Waals surface area contributed by atoms with E-state index in [2.05, 4.69) is 13.8 Å². The highest BCUT2D eigenvalue weighted by molar-refractivity contribution is 5.82. The van der Waals surface area contributed by atoms with Crippen LogP contribution in [0.25, 0.3) is 0 Å². The SMILES string of the molecule is CCC(CC)CC(=O)C1CC2CCC(C1)N2C(=O)OCc1ccccc1. The molecule has 3 rings (SSSR count). The van der Waals surface area contributed by atoms with E-state index in [1.54, 1.807) is 0 Å². The van der Waals surface area contributed by atoms with Crippen LogP contribution >= 0.6 is 0 Å². The number of benzene rings is 1. The first-order valence-corrected chi connectivity index (χ1v) is 10.1. The quantitative estimate of drug-likeness (QED) is 0.693. The molecule has 4 nitrogen and oxygen atoms in total. The molecule has 0 N–H and O–H groups in total. The number of hydrogen-bond acceptors (Lipinski definition) is 3. The normalized spacial score (nSPS) is 24.7. The van der Waals surface area contributed by atoms with E-state index in [-0.39, 0.29) is 24.1 Å². The van der Waals surface area contributed by atoms with Crippen LogP contribution in [0.15, 0.2) is 30.3 Å². The summed E-state index contributed by atoms with van der Waals surface area (Å²) >= 11 is 0. The lowest BCUT2D eigenvalue weighted by Crippen LogP contribution is -2.48. The van der Waals surface area contributed by atoms with E-state index < -0.39 is 0 Å². The van der Waals surface area contributed by atoms with Gasteiger partial charge in [-0.05, 0) is 37.2 Å². The predicted molar refractivity (Wildman–Crippen MR) is 102 cm³/mol. The highest BCUT2D eigenvalue weighted by Crippen LogP contribution is 2.40. The summed E-state index contributed by atoms with van der Waals surface area (Å²) in [6.07, 6.45) is 6.26. The van der Waals surface area contributed by atoms with Gasteiger partial charge in [-0.25, -0.2) is 4.79 Å². The Bertz CT molecular complexity index is 597. The fourth-order valence-corrected chi connectivity index (χ4v) is 4.56. The molecule has 0 aromatic heterocycles. The summed E-state index contributed by atoms with van der Waals surface area (Å²) in [5.74, 6) is 1.05. The van der Waals surface area contributed by atoms with E-state index in [0.29, 0.717) is 24.7 Å². The van der Waals surface area contributed by atoms with Crippen molar-refractivity contribution in [1.82, 2.24) is 4.90 Å². The molecular weight excluding hydrogens is 326 g/mol. The third kappa shape index (κ3) is 4.28. The number of ketones is 1. The molecule has 2 aliphatic heterocycles. The van der Waals surface area contributed by atoms with Crippen molar-refractivity contribution >= 4 is 11.9 Å². The van der Waals surface area contributed by atoms with Crippen LogP contribution in [0.5, 0.6) is 0 Å². The molecule has 2 aliphatic rings. The number of fused-ring (bicyclic) bond motifs is 2. The zero-order valence-electron chi connectivity index (χ0n) is 16.0. The Morgan fingerprint density at radius 1 is 1.08 bits per heavy atom. The number of amides is 1. The Hall–Kier alpha value is -1.84. The molecule has 0 saturated carbocycles. The molecule has 2 heterocycles. The van der Waals surface area contributed by atoms with Crippen molar-refractivity contribution in [2.75, 3.05) is 0 Å². The lowest BCUT2D eigenvalue weighted by Gasteiger charge is -2.38. The minimum Gasteiger partial charge on any atom is -0.445 e. The van der Waals surface area contributed by atoms with Crippen LogP contribution in [0.1, 0.15) is 64.4 Å². The van der Waals surface area contributed by atoms with Gasteiger partial charge in [0.1, 0.15) is 12.4 Å². The number of Topliss-reactive ketones (excluding diaryl/α,β-unsaturated/α-hetero) is 1. The van der Waals surface area contributed by atoms with Crippen molar-refractivity contribution in [3.63, 3.8) is 0 Å². The molecule has 2 unspecified atom stereocenters. The summed E-state index contributed by atoms with van der Waals surface area (Å²) in [7, 11) is 0. The summed E-state index contributed by atoms with van der Waals surface area (Å²) in [6.45, 7) is 4.64. The van der Waals surface area contributed by atoms with E-state index in [1.807, 2.05) is 35.2 Å². The van der Waals surface area contributed by atoms with Gasteiger partial charge in [0.15, 0.2) is 0 Å². The van der Waals surface area contributed by atoms with Gasteiger partial charge < -0.3 is 9.64 Å². The highest BCUT2D eigenvalue weighted by Gasteiger charge is 2.45. The minimum absolute atomic E-state index is 0.131. The molecule has 0 radical (unpaired) electrons. The van der Waals surface area contributed by atoms with Gasteiger partial charge in [0, 0.05) is 24.4 Å². The molecular formula is C22H31NO3. The number of carbonyl (C=O) groups is 2. The van der Waals surface area contributed by atoms with Crippen LogP contribution in [-0.4, -0.2) is 28.9 Å². The number of ether oxygens (including phenoxy) is 1. The van der Waals surface area contributed by atoms with Gasteiger partial charge in [-0.3, -0.25) is 4.79 Å². The van der Waals surface area contributed by atoms with E-state index in [0.717, 1.165) is 44.1 Å². The van der Waals surface area contributed by atoms with Crippen LogP contribution in [0.2, 0.25) is 0 Å². The smallest absolute Gasteiger partial charge is 0.410 e. The monoisotopic (exact) mass is 357 g/mol. The van der Waals surface area contributed by atoms with Gasteiger partial charge in [-0.1, -0.05) is 57.0 Å². The Morgan fingerprint density at radius 2 is 1.69 bits per heavy atom. The van der Waals surface area contributed by atoms with Crippen LogP contribution in [0.3, 0.4) is 0 Å². The topological polar surface area (TPSA) is 46.6 Å². The van der Waals surface area contributed by atoms with Gasteiger partial charge in [0.25, 0.3) is 0 Å². The maximum atomic E-state index is 12.7.